The van der Waals surface area contributed by atoms with Crippen molar-refractivity contribution in [3.05, 3.63) is 58.6 Å². The maximum atomic E-state index is 13.5. The minimum absolute atomic E-state index is 0.0168. The molecule has 1 heterocycles. The summed E-state index contributed by atoms with van der Waals surface area (Å²) in [5, 5.41) is 0.623. The Morgan fingerprint density at radius 1 is 1.09 bits per heavy atom. The van der Waals surface area contributed by atoms with Crippen LogP contribution in [0.4, 0.5) is 0 Å². The fraction of sp³-hybridized carbons (Fsp3) is 0.435. The molecule has 1 fully saturated rings. The van der Waals surface area contributed by atoms with Gasteiger partial charge in [-0.2, -0.15) is 4.31 Å². The molecule has 180 valence electrons. The van der Waals surface area contributed by atoms with Crippen LogP contribution >= 0.6 is 11.6 Å². The molecule has 0 saturated carbocycles. The minimum atomic E-state index is -3.84. The van der Waals surface area contributed by atoms with Crippen LogP contribution in [0.25, 0.3) is 0 Å². The lowest BCUT2D eigenvalue weighted by molar-refractivity contribution is 0.0725. The van der Waals surface area contributed by atoms with Gasteiger partial charge in [0.25, 0.3) is 5.91 Å². The predicted octanol–water partition coefficient (Wildman–Crippen LogP) is 2.57. The molecule has 1 aliphatic rings. The summed E-state index contributed by atoms with van der Waals surface area (Å²) >= 11 is 5.99. The van der Waals surface area contributed by atoms with Crippen LogP contribution in [0.1, 0.15) is 15.9 Å². The van der Waals surface area contributed by atoms with Gasteiger partial charge in [0, 0.05) is 43.3 Å². The van der Waals surface area contributed by atoms with Gasteiger partial charge in [-0.05, 0) is 50.0 Å². The number of hydrogen-bond acceptors (Lipinski definition) is 6. The Balaban J connectivity index is 1.93. The van der Waals surface area contributed by atoms with E-state index in [9.17, 15) is 13.2 Å². The highest BCUT2D eigenvalue weighted by molar-refractivity contribution is 7.89. The van der Waals surface area contributed by atoms with Crippen LogP contribution in [0.15, 0.2) is 47.4 Å². The van der Waals surface area contributed by atoms with Crippen molar-refractivity contribution in [3.63, 3.8) is 0 Å². The molecule has 10 heteroatoms. The third-order valence-corrected chi connectivity index (χ3v) is 7.56. The molecule has 1 saturated heterocycles. The van der Waals surface area contributed by atoms with Crippen LogP contribution in [0.5, 0.6) is 5.75 Å². The third-order valence-electron chi connectivity index (χ3n) is 5.39. The second-order valence-corrected chi connectivity index (χ2v) is 10.4. The molecule has 0 N–H and O–H groups in total. The molecule has 3 rings (SSSR count). The Kier molecular flexibility index (Phi) is 8.72. The molecule has 0 spiro atoms. The molecule has 0 aromatic heterocycles. The fourth-order valence-electron chi connectivity index (χ4n) is 3.50. The summed E-state index contributed by atoms with van der Waals surface area (Å²) < 4.78 is 38.6. The van der Waals surface area contributed by atoms with E-state index in [0.29, 0.717) is 37.9 Å². The molecule has 1 aliphatic heterocycles. The average Bonchev–Trinajstić information content (AvgIpc) is 2.82. The zero-order chi connectivity index (χ0) is 24.0. The minimum Gasteiger partial charge on any atom is -0.495 e. The predicted molar refractivity (Wildman–Crippen MR) is 127 cm³/mol. The van der Waals surface area contributed by atoms with E-state index < -0.39 is 10.0 Å². The summed E-state index contributed by atoms with van der Waals surface area (Å²) in [6.45, 7) is 2.70. The number of ether oxygens (including phenoxy) is 2. The van der Waals surface area contributed by atoms with Gasteiger partial charge in [-0.15, -0.1) is 0 Å². The molecule has 8 nitrogen and oxygen atoms in total. The number of rotatable bonds is 9. The van der Waals surface area contributed by atoms with Gasteiger partial charge >= 0.3 is 0 Å². The van der Waals surface area contributed by atoms with Crippen molar-refractivity contribution < 1.29 is 22.7 Å². The first-order valence-corrected chi connectivity index (χ1v) is 12.5. The van der Waals surface area contributed by atoms with Crippen molar-refractivity contribution in [2.45, 2.75) is 11.4 Å². The van der Waals surface area contributed by atoms with Crippen molar-refractivity contribution >= 4 is 27.5 Å². The number of likely N-dealkylation sites (N-methyl/N-ethyl adjacent to an activating group) is 1. The highest BCUT2D eigenvalue weighted by Crippen LogP contribution is 2.29. The Hall–Kier alpha value is -2.17. The molecule has 1 amide bonds. The fourth-order valence-corrected chi connectivity index (χ4v) is 5.22. The zero-order valence-electron chi connectivity index (χ0n) is 19.2. The van der Waals surface area contributed by atoms with Gasteiger partial charge in [0.2, 0.25) is 10.0 Å². The average molecular weight is 496 g/mol. The van der Waals surface area contributed by atoms with E-state index in [0.717, 1.165) is 5.56 Å². The number of morpholine rings is 1. The molecule has 2 aromatic rings. The standard InChI is InChI=1S/C23H30ClN3O5S/c1-25(2)10-11-26(17-18-4-7-20(24)8-5-18)23(28)19-6-9-21(31-3)22(16-19)33(29,30)27-12-14-32-15-13-27/h4-9,16H,10-15,17H2,1-3H3. The van der Waals surface area contributed by atoms with Crippen LogP contribution < -0.4 is 4.74 Å². The lowest BCUT2D eigenvalue weighted by Gasteiger charge is -2.27. The van der Waals surface area contributed by atoms with E-state index in [-0.39, 0.29) is 35.2 Å². The van der Waals surface area contributed by atoms with E-state index in [4.69, 9.17) is 21.1 Å². The quantitative estimate of drug-likeness (QED) is 0.532. The Labute approximate surface area is 200 Å². The summed E-state index contributed by atoms with van der Waals surface area (Å²) in [7, 11) is 1.45. The normalized spacial score (nSPS) is 14.9. The lowest BCUT2D eigenvalue weighted by atomic mass is 10.1. The van der Waals surface area contributed by atoms with E-state index >= 15 is 0 Å². The monoisotopic (exact) mass is 495 g/mol. The molecule has 2 aromatic carbocycles. The number of hydrogen-bond donors (Lipinski definition) is 0. The highest BCUT2D eigenvalue weighted by Gasteiger charge is 2.30. The van der Waals surface area contributed by atoms with Gasteiger partial charge in [0.1, 0.15) is 10.6 Å². The van der Waals surface area contributed by atoms with Crippen LogP contribution in [0.2, 0.25) is 5.02 Å². The van der Waals surface area contributed by atoms with Crippen molar-refractivity contribution in [3.8, 4) is 5.75 Å². The molecule has 0 aliphatic carbocycles. The summed E-state index contributed by atoms with van der Waals surface area (Å²) in [5.74, 6) is -0.0523. The highest BCUT2D eigenvalue weighted by atomic mass is 35.5. The third kappa shape index (κ3) is 6.45. The molecular formula is C23H30ClN3O5S. The molecule has 33 heavy (non-hydrogen) atoms. The van der Waals surface area contributed by atoms with Gasteiger partial charge in [-0.25, -0.2) is 8.42 Å². The molecule has 0 radical (unpaired) electrons. The van der Waals surface area contributed by atoms with Gasteiger partial charge in [-0.3, -0.25) is 4.79 Å². The maximum Gasteiger partial charge on any atom is 0.254 e. The van der Waals surface area contributed by atoms with Crippen molar-refractivity contribution in [2.24, 2.45) is 0 Å². The Bertz CT molecular complexity index is 1050. The van der Waals surface area contributed by atoms with E-state index in [1.54, 1.807) is 23.1 Å². The van der Waals surface area contributed by atoms with E-state index in [2.05, 4.69) is 0 Å². The number of nitrogens with zero attached hydrogens (tertiary/aromatic N) is 3. The summed E-state index contributed by atoms with van der Waals surface area (Å²) in [4.78, 5) is 17.2. The lowest BCUT2D eigenvalue weighted by Crippen LogP contribution is -2.41. The molecule has 0 unspecified atom stereocenters. The summed E-state index contributed by atoms with van der Waals surface area (Å²) in [6.07, 6.45) is 0. The second kappa shape index (κ2) is 11.3. The maximum absolute atomic E-state index is 13.5. The van der Waals surface area contributed by atoms with Crippen LogP contribution in [-0.2, 0) is 21.3 Å². The first-order chi connectivity index (χ1) is 15.7. The number of amides is 1. The van der Waals surface area contributed by atoms with Crippen molar-refractivity contribution in [2.75, 3.05) is 60.6 Å². The molecular weight excluding hydrogens is 466 g/mol. The first kappa shape index (κ1) is 25.5. The Morgan fingerprint density at radius 2 is 1.76 bits per heavy atom. The van der Waals surface area contributed by atoms with Crippen LogP contribution in [-0.4, -0.2) is 89.0 Å². The zero-order valence-corrected chi connectivity index (χ0v) is 20.7. The smallest absolute Gasteiger partial charge is 0.254 e. The summed E-state index contributed by atoms with van der Waals surface area (Å²) in [5.41, 5.74) is 1.22. The number of halogens is 1. The van der Waals surface area contributed by atoms with Gasteiger partial charge < -0.3 is 19.3 Å². The number of sulfonamides is 1. The van der Waals surface area contributed by atoms with E-state index in [1.807, 2.05) is 31.1 Å². The number of carbonyl (C=O) groups excluding carboxylic acids is 1. The van der Waals surface area contributed by atoms with Crippen LogP contribution in [0, 0.1) is 0 Å². The van der Waals surface area contributed by atoms with Crippen molar-refractivity contribution in [1.82, 2.24) is 14.1 Å². The second-order valence-electron chi connectivity index (χ2n) is 8.04. The molecule has 0 bridgehead atoms. The number of carbonyl (C=O) groups is 1. The number of benzene rings is 2. The van der Waals surface area contributed by atoms with Crippen molar-refractivity contribution in [1.29, 1.82) is 0 Å². The Morgan fingerprint density at radius 3 is 2.36 bits per heavy atom. The number of methoxy groups -OCH3 is 1. The molecule has 0 atom stereocenters. The summed E-state index contributed by atoms with van der Waals surface area (Å²) in [6, 6.07) is 11.9. The first-order valence-electron chi connectivity index (χ1n) is 10.7. The van der Waals surface area contributed by atoms with E-state index in [1.165, 1.54) is 23.5 Å². The van der Waals surface area contributed by atoms with Gasteiger partial charge in [0.05, 0.1) is 20.3 Å². The SMILES string of the molecule is COc1ccc(C(=O)N(CCN(C)C)Cc2ccc(Cl)cc2)cc1S(=O)(=O)N1CCOCC1. The van der Waals surface area contributed by atoms with Gasteiger partial charge in [0.15, 0.2) is 0 Å². The topological polar surface area (TPSA) is 79.4 Å². The largest absolute Gasteiger partial charge is 0.495 e. The van der Waals surface area contributed by atoms with Gasteiger partial charge in [-0.1, -0.05) is 23.7 Å². The van der Waals surface area contributed by atoms with Crippen LogP contribution in [0.3, 0.4) is 0 Å².